The van der Waals surface area contributed by atoms with Crippen LogP contribution in [0.1, 0.15) is 26.7 Å². The Bertz CT molecular complexity index is 914. The largest absolute Gasteiger partial charge is 0.486 e. The highest BCUT2D eigenvalue weighted by Crippen LogP contribution is 2.42. The zero-order valence-corrected chi connectivity index (χ0v) is 16.7. The van der Waals surface area contributed by atoms with Gasteiger partial charge in [0, 0.05) is 11.8 Å². The molecule has 1 aliphatic carbocycles. The molecule has 2 unspecified atom stereocenters. The van der Waals surface area contributed by atoms with Gasteiger partial charge in [-0.15, -0.1) is 0 Å². The van der Waals surface area contributed by atoms with Gasteiger partial charge >= 0.3 is 12.0 Å². The molecule has 2 fully saturated rings. The summed E-state index contributed by atoms with van der Waals surface area (Å²) in [5, 5.41) is 5.29. The number of carbonyl (C=O) groups is 4. The van der Waals surface area contributed by atoms with Crippen LogP contribution >= 0.6 is 0 Å². The predicted molar refractivity (Wildman–Crippen MR) is 103 cm³/mol. The number of imide groups is 1. The van der Waals surface area contributed by atoms with Crippen LogP contribution in [0.25, 0.3) is 0 Å². The summed E-state index contributed by atoms with van der Waals surface area (Å²) in [6.07, 6.45) is 0.594. The van der Waals surface area contributed by atoms with E-state index >= 15 is 0 Å². The minimum atomic E-state index is -1.12. The molecular weight excluding hydrogens is 394 g/mol. The third kappa shape index (κ3) is 3.77. The van der Waals surface area contributed by atoms with E-state index in [4.69, 9.17) is 14.2 Å². The van der Waals surface area contributed by atoms with E-state index < -0.39 is 42.0 Å². The summed E-state index contributed by atoms with van der Waals surface area (Å²) >= 11 is 0. The second kappa shape index (κ2) is 7.51. The molecule has 0 spiro atoms. The van der Waals surface area contributed by atoms with Crippen LogP contribution in [-0.4, -0.2) is 60.1 Å². The lowest BCUT2D eigenvalue weighted by Crippen LogP contribution is -2.46. The van der Waals surface area contributed by atoms with Crippen LogP contribution in [0.3, 0.4) is 0 Å². The summed E-state index contributed by atoms with van der Waals surface area (Å²) in [6.45, 7) is 3.41. The Morgan fingerprint density at radius 1 is 1.27 bits per heavy atom. The topological polar surface area (TPSA) is 123 Å². The summed E-state index contributed by atoms with van der Waals surface area (Å²) in [7, 11) is 0. The smallest absolute Gasteiger partial charge is 0.327 e. The van der Waals surface area contributed by atoms with Gasteiger partial charge in [-0.25, -0.2) is 4.79 Å². The second-order valence-electron chi connectivity index (χ2n) is 7.78. The molecule has 160 valence electrons. The minimum absolute atomic E-state index is 0.0886. The van der Waals surface area contributed by atoms with Crippen LogP contribution in [0.15, 0.2) is 18.2 Å². The van der Waals surface area contributed by atoms with Gasteiger partial charge in [0.15, 0.2) is 17.6 Å². The number of hydrogen-bond acceptors (Lipinski definition) is 7. The van der Waals surface area contributed by atoms with Gasteiger partial charge < -0.3 is 24.8 Å². The molecule has 0 radical (unpaired) electrons. The number of esters is 1. The van der Waals surface area contributed by atoms with E-state index in [1.165, 1.54) is 6.92 Å². The highest BCUT2D eigenvalue weighted by atomic mass is 16.6. The summed E-state index contributed by atoms with van der Waals surface area (Å²) in [5.41, 5.74) is -0.514. The lowest BCUT2D eigenvalue weighted by Gasteiger charge is -2.21. The molecule has 2 N–H and O–H groups in total. The summed E-state index contributed by atoms with van der Waals surface area (Å²) < 4.78 is 16.0. The van der Waals surface area contributed by atoms with E-state index in [1.807, 2.05) is 0 Å². The van der Waals surface area contributed by atoms with Crippen molar-refractivity contribution in [3.8, 4) is 11.5 Å². The summed E-state index contributed by atoms with van der Waals surface area (Å²) in [5.74, 6) is -0.652. The fraction of sp³-hybridized carbons (Fsp3) is 0.500. The molecular formula is C20H23N3O7. The molecule has 10 heteroatoms. The van der Waals surface area contributed by atoms with E-state index in [0.717, 1.165) is 17.7 Å². The SMILES string of the molecule is CC(OC(=O)CN1C(=O)NC(C)(C2CC2)C1=O)C(=O)Nc1ccc2c(c1)OCCO2. The van der Waals surface area contributed by atoms with Crippen molar-refractivity contribution < 1.29 is 33.4 Å². The quantitative estimate of drug-likeness (QED) is 0.524. The van der Waals surface area contributed by atoms with Crippen molar-refractivity contribution in [3.63, 3.8) is 0 Å². The van der Waals surface area contributed by atoms with Gasteiger partial charge in [0.1, 0.15) is 25.3 Å². The van der Waals surface area contributed by atoms with Gasteiger partial charge in [0.2, 0.25) is 0 Å². The van der Waals surface area contributed by atoms with Gasteiger partial charge in [0.05, 0.1) is 0 Å². The average Bonchev–Trinajstić information content (AvgIpc) is 3.54. The van der Waals surface area contributed by atoms with Crippen LogP contribution in [0, 0.1) is 5.92 Å². The number of nitrogens with one attached hydrogen (secondary N) is 2. The number of carbonyl (C=O) groups excluding carboxylic acids is 4. The number of rotatable bonds is 6. The van der Waals surface area contributed by atoms with E-state index in [2.05, 4.69) is 10.6 Å². The van der Waals surface area contributed by atoms with Crippen molar-refractivity contribution in [2.75, 3.05) is 25.1 Å². The normalized spacial score (nSPS) is 23.6. The molecule has 4 amide bonds. The maximum absolute atomic E-state index is 12.6. The number of anilines is 1. The van der Waals surface area contributed by atoms with E-state index in [1.54, 1.807) is 25.1 Å². The van der Waals surface area contributed by atoms with Gasteiger partial charge in [0.25, 0.3) is 11.8 Å². The molecule has 0 aromatic heterocycles. The Morgan fingerprint density at radius 3 is 2.67 bits per heavy atom. The van der Waals surface area contributed by atoms with Crippen LogP contribution in [0.2, 0.25) is 0 Å². The highest BCUT2D eigenvalue weighted by Gasteiger charge is 2.56. The van der Waals surface area contributed by atoms with Gasteiger partial charge in [-0.2, -0.15) is 0 Å². The number of amides is 4. The first-order valence-electron chi connectivity index (χ1n) is 9.82. The molecule has 30 heavy (non-hydrogen) atoms. The Labute approximate surface area is 172 Å². The molecule has 1 saturated carbocycles. The average molecular weight is 417 g/mol. The Balaban J connectivity index is 1.31. The van der Waals surface area contributed by atoms with Gasteiger partial charge in [-0.05, 0) is 44.7 Å². The fourth-order valence-corrected chi connectivity index (χ4v) is 3.58. The Morgan fingerprint density at radius 2 is 1.97 bits per heavy atom. The zero-order chi connectivity index (χ0) is 21.5. The number of benzene rings is 1. The molecule has 1 aromatic carbocycles. The van der Waals surface area contributed by atoms with Crippen molar-refractivity contribution in [2.24, 2.45) is 5.92 Å². The molecule has 0 bridgehead atoms. The first-order chi connectivity index (χ1) is 14.3. The molecule has 2 atom stereocenters. The minimum Gasteiger partial charge on any atom is -0.486 e. The molecule has 3 aliphatic rings. The third-order valence-corrected chi connectivity index (χ3v) is 5.47. The number of ether oxygens (including phenoxy) is 3. The van der Waals surface area contributed by atoms with E-state index in [-0.39, 0.29) is 5.92 Å². The number of urea groups is 1. The number of fused-ring (bicyclic) bond motifs is 1. The zero-order valence-electron chi connectivity index (χ0n) is 16.7. The molecule has 2 aliphatic heterocycles. The van der Waals surface area contributed by atoms with Crippen molar-refractivity contribution in [2.45, 2.75) is 38.3 Å². The third-order valence-electron chi connectivity index (χ3n) is 5.47. The number of nitrogens with zero attached hydrogens (tertiary/aromatic N) is 1. The standard InChI is InChI=1S/C20H23N3O7/c1-11(17(25)21-13-5-6-14-15(9-13)29-8-7-28-14)30-16(24)10-23-18(26)20(2,12-3-4-12)22-19(23)27/h5-6,9,11-12H,3-4,7-8,10H2,1-2H3,(H,21,25)(H,22,27). The first-order valence-corrected chi connectivity index (χ1v) is 9.82. The summed E-state index contributed by atoms with van der Waals surface area (Å²) in [6, 6.07) is 4.31. The van der Waals surface area contributed by atoms with Crippen molar-refractivity contribution in [1.82, 2.24) is 10.2 Å². The Hall–Kier alpha value is -3.30. The van der Waals surface area contributed by atoms with Crippen molar-refractivity contribution in [3.05, 3.63) is 18.2 Å². The van der Waals surface area contributed by atoms with Crippen LogP contribution in [0.4, 0.5) is 10.5 Å². The highest BCUT2D eigenvalue weighted by molar-refractivity contribution is 6.09. The Kier molecular flexibility index (Phi) is 5.00. The lowest BCUT2D eigenvalue weighted by atomic mass is 9.96. The van der Waals surface area contributed by atoms with Crippen molar-refractivity contribution in [1.29, 1.82) is 0 Å². The molecule has 1 aromatic rings. The van der Waals surface area contributed by atoms with E-state index in [0.29, 0.717) is 30.4 Å². The van der Waals surface area contributed by atoms with Gasteiger partial charge in [-0.1, -0.05) is 0 Å². The maximum atomic E-state index is 12.6. The lowest BCUT2D eigenvalue weighted by molar-refractivity contribution is -0.155. The molecule has 10 nitrogen and oxygen atoms in total. The molecule has 4 rings (SSSR count). The second-order valence-corrected chi connectivity index (χ2v) is 7.78. The maximum Gasteiger partial charge on any atom is 0.327 e. The van der Waals surface area contributed by atoms with Crippen LogP contribution in [0.5, 0.6) is 11.5 Å². The van der Waals surface area contributed by atoms with Crippen LogP contribution < -0.4 is 20.1 Å². The first kappa shape index (κ1) is 20.0. The molecule has 1 saturated heterocycles. The van der Waals surface area contributed by atoms with E-state index in [9.17, 15) is 19.2 Å². The van der Waals surface area contributed by atoms with Gasteiger partial charge in [-0.3, -0.25) is 19.3 Å². The van der Waals surface area contributed by atoms with Crippen molar-refractivity contribution >= 4 is 29.5 Å². The summed E-state index contributed by atoms with van der Waals surface area (Å²) in [4.78, 5) is 50.1. The molecule has 2 heterocycles. The van der Waals surface area contributed by atoms with Crippen LogP contribution in [-0.2, 0) is 19.1 Å². The predicted octanol–water partition coefficient (Wildman–Crippen LogP) is 1.05. The fourth-order valence-electron chi connectivity index (χ4n) is 3.58. The monoisotopic (exact) mass is 417 g/mol. The number of hydrogen-bond donors (Lipinski definition) is 2.